The van der Waals surface area contributed by atoms with Crippen molar-refractivity contribution in [2.45, 2.75) is 17.7 Å². The van der Waals surface area contributed by atoms with Crippen molar-refractivity contribution >= 4 is 41.9 Å². The van der Waals surface area contributed by atoms with E-state index in [0.717, 1.165) is 65.9 Å². The summed E-state index contributed by atoms with van der Waals surface area (Å²) in [6, 6.07) is 12.7. The molecule has 11 nitrogen and oxygen atoms in total. The molecule has 0 atom stereocenters. The number of ether oxygens (including phenoxy) is 2. The van der Waals surface area contributed by atoms with Gasteiger partial charge in [-0.2, -0.15) is 23.4 Å². The zero-order chi connectivity index (χ0) is 25.8. The summed E-state index contributed by atoms with van der Waals surface area (Å²) in [7, 11) is -1.81. The topological polar surface area (TPSA) is 122 Å². The van der Waals surface area contributed by atoms with Gasteiger partial charge in [0.25, 0.3) is 0 Å². The molecule has 0 unspecified atom stereocenters. The fourth-order valence-corrected chi connectivity index (χ4v) is 6.24. The Morgan fingerprint density at radius 1 is 0.892 bits per heavy atom. The third-order valence-corrected chi connectivity index (χ3v) is 8.66. The molecule has 0 saturated carbocycles. The van der Waals surface area contributed by atoms with Crippen LogP contribution in [0.2, 0.25) is 0 Å². The third kappa shape index (κ3) is 6.15. The van der Waals surface area contributed by atoms with Crippen LogP contribution in [0.1, 0.15) is 12.8 Å². The summed E-state index contributed by atoms with van der Waals surface area (Å²) in [5, 5.41) is 6.37. The Morgan fingerprint density at radius 3 is 2.24 bits per heavy atom. The fourth-order valence-electron chi connectivity index (χ4n) is 4.37. The average Bonchev–Trinajstić information content (AvgIpc) is 3.44. The number of morpholine rings is 1. The lowest BCUT2D eigenvalue weighted by Crippen LogP contribution is -3.36. The molecule has 2 saturated heterocycles. The Labute approximate surface area is 228 Å². The molecular weight excluding hydrogens is 609 g/mol. The first-order valence-corrected chi connectivity index (χ1v) is 16.3. The number of nitrogens with one attached hydrogen (secondary N) is 2. The van der Waals surface area contributed by atoms with Crippen molar-refractivity contribution in [1.29, 1.82) is 0 Å². The molecule has 0 spiro atoms. The molecule has 2 aromatic carbocycles. The monoisotopic (exact) mass is 638 g/mol. The van der Waals surface area contributed by atoms with Gasteiger partial charge in [-0.1, -0.05) is 12.1 Å². The quantitative estimate of drug-likeness (QED) is 0.252. The lowest BCUT2D eigenvalue weighted by Gasteiger charge is -2.29. The second-order valence-corrected chi connectivity index (χ2v) is 13.8. The van der Waals surface area contributed by atoms with Gasteiger partial charge in [-0.3, -0.25) is 0 Å². The Balaban J connectivity index is 1.47. The highest BCUT2D eigenvalue weighted by molar-refractivity contribution is 7.84. The summed E-state index contributed by atoms with van der Waals surface area (Å²) < 4.78 is 35.8. The van der Waals surface area contributed by atoms with Gasteiger partial charge in [0.05, 0.1) is 31.7 Å². The molecule has 13 heteroatoms. The number of methoxy groups -OCH3 is 1. The maximum Gasteiger partial charge on any atom is 0.404 e. The normalized spacial score (nSPS) is 16.1. The van der Waals surface area contributed by atoms with Crippen LogP contribution in [0.3, 0.4) is 0 Å². The van der Waals surface area contributed by atoms with Gasteiger partial charge in [-0.15, -0.1) is 0 Å². The molecule has 3 heterocycles. The van der Waals surface area contributed by atoms with E-state index in [1.165, 1.54) is 0 Å². The van der Waals surface area contributed by atoms with Crippen LogP contribution < -0.4 is 46.4 Å². The van der Waals surface area contributed by atoms with Gasteiger partial charge >= 0.3 is 28.2 Å². The summed E-state index contributed by atoms with van der Waals surface area (Å²) in [6.07, 6.45) is 2.12. The predicted octanol–water partition coefficient (Wildman–Crippen LogP) is -0.221. The molecule has 3 aromatic rings. The summed E-state index contributed by atoms with van der Waals surface area (Å²) in [6.45, 7) is 4.75. The standard InChI is InChI=1S/C24H29IN7O4S/c1-35-20-16-17(31-12-14-36-15-13-31)8-9-18(20)26-22-28-23(30-24(29-22)32-10-4-5-11-32)27-19-6-2-3-7-21(19)37(25,33)34/h2-3,6-9,16,25H,4-5,10-15H2,1H3,(H2,26,27,28,29,30)/q+1. The number of benzene rings is 2. The first-order valence-electron chi connectivity index (χ1n) is 12.0. The molecule has 0 amide bonds. The molecule has 2 aliphatic rings. The number of halogens is 1. The van der Waals surface area contributed by atoms with Gasteiger partial charge < -0.3 is 29.9 Å². The van der Waals surface area contributed by atoms with Crippen LogP contribution in [0.5, 0.6) is 5.75 Å². The van der Waals surface area contributed by atoms with E-state index >= 15 is 0 Å². The number of hydrogen-bond acceptors (Lipinski definition) is 11. The zero-order valence-corrected chi connectivity index (χ0v) is 23.5. The molecule has 0 aliphatic carbocycles. The second-order valence-electron chi connectivity index (χ2n) is 8.66. The SMILES string of the molecule is COc1cc(N2CCOCC2)ccc1Nc1nc(Nc2ccccc2S(=O)(=O)[IH+])nc(N2CCCC2)n1. The highest BCUT2D eigenvalue weighted by atomic mass is 127. The lowest BCUT2D eigenvalue weighted by molar-refractivity contribution is -0.164. The smallest absolute Gasteiger partial charge is 0.404 e. The van der Waals surface area contributed by atoms with Crippen molar-refractivity contribution in [2.24, 2.45) is 0 Å². The summed E-state index contributed by atoms with van der Waals surface area (Å²) in [4.78, 5) is 18.4. The van der Waals surface area contributed by atoms with Crippen molar-refractivity contribution in [2.75, 3.05) is 66.9 Å². The van der Waals surface area contributed by atoms with E-state index in [9.17, 15) is 8.42 Å². The van der Waals surface area contributed by atoms with E-state index < -0.39 is 7.01 Å². The van der Waals surface area contributed by atoms with E-state index in [-0.39, 0.29) is 10.8 Å². The van der Waals surface area contributed by atoms with Crippen molar-refractivity contribution in [3.63, 3.8) is 0 Å². The van der Waals surface area contributed by atoms with E-state index in [4.69, 9.17) is 9.47 Å². The molecule has 2 N–H and O–H groups in total. The third-order valence-electron chi connectivity index (χ3n) is 6.22. The zero-order valence-electron chi connectivity index (χ0n) is 20.4. The van der Waals surface area contributed by atoms with Gasteiger partial charge in [0.2, 0.25) is 17.8 Å². The molecule has 1 aromatic heterocycles. The van der Waals surface area contributed by atoms with Crippen LogP contribution in [-0.2, 0) is 11.7 Å². The van der Waals surface area contributed by atoms with Crippen LogP contribution in [0.25, 0.3) is 0 Å². The van der Waals surface area contributed by atoms with E-state index in [0.29, 0.717) is 42.2 Å². The van der Waals surface area contributed by atoms with E-state index in [2.05, 4.69) is 35.4 Å². The van der Waals surface area contributed by atoms with Crippen LogP contribution in [0.15, 0.2) is 47.4 Å². The first-order chi connectivity index (χ1) is 17.9. The highest BCUT2D eigenvalue weighted by Crippen LogP contribution is 2.33. The summed E-state index contributed by atoms with van der Waals surface area (Å²) in [5.74, 6) is 1.76. The predicted molar refractivity (Wildman–Crippen MR) is 139 cm³/mol. The van der Waals surface area contributed by atoms with Crippen molar-refractivity contribution in [1.82, 2.24) is 15.0 Å². The number of hydrogen-bond donors (Lipinski definition) is 2. The number of nitrogens with zero attached hydrogens (tertiary/aromatic N) is 5. The van der Waals surface area contributed by atoms with E-state index in [1.54, 1.807) is 31.4 Å². The van der Waals surface area contributed by atoms with Crippen LogP contribution >= 0.6 is 0 Å². The van der Waals surface area contributed by atoms with Crippen LogP contribution in [-0.4, -0.2) is 69.9 Å². The lowest BCUT2D eigenvalue weighted by atomic mass is 10.2. The van der Waals surface area contributed by atoms with Gasteiger partial charge in [0.1, 0.15) is 10.6 Å². The van der Waals surface area contributed by atoms with E-state index in [1.807, 2.05) is 18.2 Å². The average molecular weight is 639 g/mol. The minimum absolute atomic E-state index is 0.179. The van der Waals surface area contributed by atoms with Crippen molar-refractivity contribution in [3.8, 4) is 5.75 Å². The second kappa shape index (κ2) is 11.2. The Bertz CT molecular complexity index is 1360. The summed E-state index contributed by atoms with van der Waals surface area (Å²) >= 11 is 1.09. The first kappa shape index (κ1) is 25.7. The molecule has 5 rings (SSSR count). The maximum atomic E-state index is 12.3. The summed E-state index contributed by atoms with van der Waals surface area (Å²) in [5.41, 5.74) is 2.17. The van der Waals surface area contributed by atoms with Gasteiger partial charge in [-0.05, 0) is 37.1 Å². The Morgan fingerprint density at radius 2 is 1.57 bits per heavy atom. The molecular formula is C24H29IN7O4S+. The highest BCUT2D eigenvalue weighted by Gasteiger charge is 2.24. The number of aromatic nitrogens is 3. The van der Waals surface area contributed by atoms with Gasteiger partial charge in [-0.25, -0.2) is 0 Å². The molecule has 37 heavy (non-hydrogen) atoms. The maximum absolute atomic E-state index is 12.3. The molecule has 196 valence electrons. The van der Waals surface area contributed by atoms with Gasteiger partial charge in [0.15, 0.2) is 0 Å². The molecule has 0 bridgehead atoms. The number of para-hydroxylation sites is 1. The van der Waals surface area contributed by atoms with Crippen molar-refractivity contribution in [3.05, 3.63) is 42.5 Å². The minimum Gasteiger partial charge on any atom is -0.494 e. The minimum atomic E-state index is -3.44. The number of anilines is 6. The van der Waals surface area contributed by atoms with Gasteiger partial charge in [0, 0.05) is 37.9 Å². The van der Waals surface area contributed by atoms with Crippen molar-refractivity contribution < 1.29 is 39.1 Å². The fraction of sp³-hybridized carbons (Fsp3) is 0.375. The molecule has 2 aliphatic heterocycles. The van der Waals surface area contributed by atoms with Crippen LogP contribution in [0, 0.1) is 0 Å². The Kier molecular flexibility index (Phi) is 7.81. The van der Waals surface area contributed by atoms with Crippen LogP contribution in [0.4, 0.5) is 34.9 Å². The molecule has 2 fully saturated rings. The molecule has 0 radical (unpaired) electrons. The Hall–Kier alpha value is -2.91. The largest absolute Gasteiger partial charge is 0.494 e. The number of rotatable bonds is 8.